The van der Waals surface area contributed by atoms with Gasteiger partial charge in [-0.25, -0.2) is 0 Å². The molecule has 0 spiro atoms. The molecule has 8 nitrogen and oxygen atoms in total. The summed E-state index contributed by atoms with van der Waals surface area (Å²) in [6.45, 7) is 10.2. The highest BCUT2D eigenvalue weighted by molar-refractivity contribution is 5.96. The van der Waals surface area contributed by atoms with E-state index in [9.17, 15) is 9.59 Å². The van der Waals surface area contributed by atoms with Gasteiger partial charge in [-0.3, -0.25) is 19.0 Å². The quantitative estimate of drug-likeness (QED) is 0.759. The maximum Gasteiger partial charge on any atom is 0.222 e. The fourth-order valence-corrected chi connectivity index (χ4v) is 3.56. The molecule has 140 valence electrons. The van der Waals surface area contributed by atoms with E-state index in [0.29, 0.717) is 24.2 Å². The average molecular weight is 358 g/mol. The predicted molar refractivity (Wildman–Crippen MR) is 96.8 cm³/mol. The summed E-state index contributed by atoms with van der Waals surface area (Å²) in [5, 5.41) is 15.2. The Labute approximate surface area is 152 Å². The second-order valence-electron chi connectivity index (χ2n) is 6.90. The number of ketones is 1. The first-order valence-electron chi connectivity index (χ1n) is 8.96. The van der Waals surface area contributed by atoms with Gasteiger partial charge in [0.15, 0.2) is 5.78 Å². The number of carbonyl (C=O) groups excluding carboxylic acids is 2. The third kappa shape index (κ3) is 3.70. The van der Waals surface area contributed by atoms with E-state index in [4.69, 9.17) is 0 Å². The van der Waals surface area contributed by atoms with E-state index in [1.54, 1.807) is 11.6 Å². The maximum atomic E-state index is 12.3. The van der Waals surface area contributed by atoms with E-state index in [1.165, 1.54) is 0 Å². The lowest BCUT2D eigenvalue weighted by molar-refractivity contribution is -0.122. The molecule has 0 radical (unpaired) electrons. The molecule has 1 atom stereocenters. The van der Waals surface area contributed by atoms with Crippen LogP contribution in [0.25, 0.3) is 0 Å². The first kappa shape index (κ1) is 18.3. The molecule has 3 rings (SSSR count). The van der Waals surface area contributed by atoms with E-state index in [0.717, 1.165) is 36.7 Å². The minimum absolute atomic E-state index is 0.00106. The van der Waals surface area contributed by atoms with Gasteiger partial charge in [-0.15, -0.1) is 0 Å². The number of amides is 1. The van der Waals surface area contributed by atoms with Gasteiger partial charge in [0, 0.05) is 25.2 Å². The third-order valence-corrected chi connectivity index (χ3v) is 4.76. The highest BCUT2D eigenvalue weighted by atomic mass is 16.1. The molecular weight excluding hydrogens is 332 g/mol. The van der Waals surface area contributed by atoms with Gasteiger partial charge in [0.05, 0.1) is 41.8 Å². The zero-order valence-electron chi connectivity index (χ0n) is 15.8. The van der Waals surface area contributed by atoms with Crippen LogP contribution in [0.4, 0.5) is 0 Å². The van der Waals surface area contributed by atoms with Gasteiger partial charge in [0.2, 0.25) is 5.91 Å². The highest BCUT2D eigenvalue weighted by Crippen LogP contribution is 2.20. The number of aromatic nitrogens is 4. The fraction of sp³-hybridized carbons (Fsp3) is 0.556. The molecule has 8 heteroatoms. The summed E-state index contributed by atoms with van der Waals surface area (Å²) in [5.41, 5.74) is 4.18. The van der Waals surface area contributed by atoms with Crippen molar-refractivity contribution in [2.24, 2.45) is 0 Å². The standard InChI is InChI=1S/C18H26N6O2/c1-11(24-13(3)18(14(4)25)12(2)21-24)7-17(26)20-9-15-8-16-10-19-5-6-23(16)22-15/h8,11,19H,5-7,9-10H2,1-4H3,(H,20,26)/t11-/m0/s1. The van der Waals surface area contributed by atoms with Crippen LogP contribution in [0, 0.1) is 13.8 Å². The Morgan fingerprint density at radius 3 is 2.77 bits per heavy atom. The summed E-state index contributed by atoms with van der Waals surface area (Å²) in [5.74, 6) is -0.0559. The fourth-order valence-electron chi connectivity index (χ4n) is 3.56. The van der Waals surface area contributed by atoms with Crippen molar-refractivity contribution in [2.75, 3.05) is 6.54 Å². The Hall–Kier alpha value is -2.48. The second kappa shape index (κ2) is 7.41. The number of hydrogen-bond donors (Lipinski definition) is 2. The molecule has 1 amide bonds. The van der Waals surface area contributed by atoms with Gasteiger partial charge >= 0.3 is 0 Å². The lowest BCUT2D eigenvalue weighted by atomic mass is 10.1. The van der Waals surface area contributed by atoms with Gasteiger partial charge in [0.1, 0.15) is 0 Å². The van der Waals surface area contributed by atoms with Gasteiger partial charge in [-0.1, -0.05) is 0 Å². The molecule has 3 heterocycles. The van der Waals surface area contributed by atoms with E-state index in [2.05, 4.69) is 20.8 Å². The lowest BCUT2D eigenvalue weighted by Gasteiger charge is -2.14. The van der Waals surface area contributed by atoms with Crippen LogP contribution in [0.2, 0.25) is 0 Å². The summed E-state index contributed by atoms with van der Waals surface area (Å²) in [7, 11) is 0. The van der Waals surface area contributed by atoms with E-state index in [-0.39, 0.29) is 17.7 Å². The summed E-state index contributed by atoms with van der Waals surface area (Å²) >= 11 is 0. The van der Waals surface area contributed by atoms with Crippen LogP contribution in [0.1, 0.15) is 59.4 Å². The molecule has 2 aromatic rings. The van der Waals surface area contributed by atoms with Crippen LogP contribution in [0.3, 0.4) is 0 Å². The first-order chi connectivity index (χ1) is 12.4. The third-order valence-electron chi connectivity index (χ3n) is 4.76. The average Bonchev–Trinajstić information content (AvgIpc) is 3.13. The zero-order valence-corrected chi connectivity index (χ0v) is 15.8. The van der Waals surface area contributed by atoms with Crippen molar-refractivity contribution in [3.05, 3.63) is 34.4 Å². The molecule has 2 N–H and O–H groups in total. The number of nitrogens with one attached hydrogen (secondary N) is 2. The van der Waals surface area contributed by atoms with Crippen LogP contribution in [0.15, 0.2) is 6.07 Å². The van der Waals surface area contributed by atoms with Crippen LogP contribution in [0.5, 0.6) is 0 Å². The van der Waals surface area contributed by atoms with Gasteiger partial charge < -0.3 is 10.6 Å². The molecule has 0 aromatic carbocycles. The Balaban J connectivity index is 1.59. The number of rotatable bonds is 6. The molecular formula is C18H26N6O2. The smallest absolute Gasteiger partial charge is 0.222 e. The van der Waals surface area contributed by atoms with Crippen molar-refractivity contribution in [3.63, 3.8) is 0 Å². The molecule has 0 aliphatic carbocycles. The van der Waals surface area contributed by atoms with Crippen LogP contribution in [-0.4, -0.2) is 37.8 Å². The van der Waals surface area contributed by atoms with Gasteiger partial charge in [0.25, 0.3) is 0 Å². The monoisotopic (exact) mass is 358 g/mol. The van der Waals surface area contributed by atoms with Crippen molar-refractivity contribution in [3.8, 4) is 0 Å². The minimum atomic E-state index is -0.124. The molecule has 1 aliphatic heterocycles. The predicted octanol–water partition coefficient (Wildman–Crippen LogP) is 1.27. The molecule has 0 bridgehead atoms. The lowest BCUT2D eigenvalue weighted by Crippen LogP contribution is -2.28. The summed E-state index contributed by atoms with van der Waals surface area (Å²) in [6.07, 6.45) is 0.300. The number of nitrogens with zero attached hydrogens (tertiary/aromatic N) is 4. The molecule has 1 aliphatic rings. The second-order valence-corrected chi connectivity index (χ2v) is 6.90. The number of carbonyl (C=O) groups is 2. The molecule has 0 unspecified atom stereocenters. The minimum Gasteiger partial charge on any atom is -0.350 e. The Morgan fingerprint density at radius 2 is 2.12 bits per heavy atom. The Morgan fingerprint density at radius 1 is 1.35 bits per heavy atom. The topological polar surface area (TPSA) is 93.8 Å². The zero-order chi connectivity index (χ0) is 18.8. The SMILES string of the molecule is CC(=O)c1c(C)nn([C@@H](C)CC(=O)NCc2cc3n(n2)CCNC3)c1C. The highest BCUT2D eigenvalue weighted by Gasteiger charge is 2.20. The molecule has 0 fully saturated rings. The Kier molecular flexibility index (Phi) is 5.22. The van der Waals surface area contributed by atoms with Gasteiger partial charge in [-0.2, -0.15) is 10.2 Å². The van der Waals surface area contributed by atoms with Crippen molar-refractivity contribution < 1.29 is 9.59 Å². The van der Waals surface area contributed by atoms with E-state index < -0.39 is 0 Å². The largest absolute Gasteiger partial charge is 0.350 e. The van der Waals surface area contributed by atoms with Gasteiger partial charge in [-0.05, 0) is 33.8 Å². The van der Waals surface area contributed by atoms with Crippen LogP contribution in [-0.2, 0) is 24.4 Å². The van der Waals surface area contributed by atoms with E-state index in [1.807, 2.05) is 31.5 Å². The molecule has 26 heavy (non-hydrogen) atoms. The molecule has 0 saturated carbocycles. The van der Waals surface area contributed by atoms with Crippen molar-refractivity contribution in [2.45, 2.75) is 59.8 Å². The summed E-state index contributed by atoms with van der Waals surface area (Å²) in [4.78, 5) is 24.1. The normalized spacial score (nSPS) is 14.8. The van der Waals surface area contributed by atoms with Crippen molar-refractivity contribution in [1.82, 2.24) is 30.2 Å². The maximum absolute atomic E-state index is 12.3. The van der Waals surface area contributed by atoms with E-state index >= 15 is 0 Å². The number of Topliss-reactive ketones (excluding diaryl/α,β-unsaturated/α-hetero) is 1. The van der Waals surface area contributed by atoms with Crippen LogP contribution < -0.4 is 10.6 Å². The summed E-state index contributed by atoms with van der Waals surface area (Å²) in [6, 6.07) is 1.90. The molecule has 0 saturated heterocycles. The number of hydrogen-bond acceptors (Lipinski definition) is 5. The van der Waals surface area contributed by atoms with Crippen molar-refractivity contribution >= 4 is 11.7 Å². The van der Waals surface area contributed by atoms with Crippen molar-refractivity contribution in [1.29, 1.82) is 0 Å². The Bertz CT molecular complexity index is 812. The number of fused-ring (bicyclic) bond motifs is 1. The molecule has 2 aromatic heterocycles. The first-order valence-corrected chi connectivity index (χ1v) is 8.96. The number of aryl methyl sites for hydroxylation is 1. The summed E-state index contributed by atoms with van der Waals surface area (Å²) < 4.78 is 3.76. The van der Waals surface area contributed by atoms with Crippen LogP contribution >= 0.6 is 0 Å².